The Labute approximate surface area is 162 Å². The molecule has 0 saturated carbocycles. The minimum absolute atomic E-state index is 0.0240. The standard InChI is InChI=1S/C20H23IN2O2/c1-25-19-11-5-3-9-16(19)18(23-12-6-7-13-23)14-22-20(24)15-8-2-4-10-17(15)21/h2-5,8-11,18H,6-7,12-14H2,1H3,(H,22,24). The molecule has 0 bridgehead atoms. The number of hydrogen-bond donors (Lipinski definition) is 1. The summed E-state index contributed by atoms with van der Waals surface area (Å²) in [7, 11) is 1.70. The fourth-order valence-electron chi connectivity index (χ4n) is 3.36. The lowest BCUT2D eigenvalue weighted by Crippen LogP contribution is -2.37. The average Bonchev–Trinajstić information content (AvgIpc) is 3.17. The van der Waals surface area contributed by atoms with Gasteiger partial charge in [0, 0.05) is 15.7 Å². The molecule has 0 spiro atoms. The van der Waals surface area contributed by atoms with E-state index in [1.165, 1.54) is 12.8 Å². The molecule has 5 heteroatoms. The summed E-state index contributed by atoms with van der Waals surface area (Å²) in [5.74, 6) is 0.854. The van der Waals surface area contributed by atoms with E-state index in [9.17, 15) is 4.79 Å². The maximum absolute atomic E-state index is 12.6. The Morgan fingerprint density at radius 2 is 1.84 bits per heavy atom. The van der Waals surface area contributed by atoms with Crippen LogP contribution in [0.5, 0.6) is 5.75 Å². The summed E-state index contributed by atoms with van der Waals surface area (Å²) in [4.78, 5) is 15.0. The lowest BCUT2D eigenvalue weighted by atomic mass is 10.0. The van der Waals surface area contributed by atoms with E-state index >= 15 is 0 Å². The van der Waals surface area contributed by atoms with Crippen molar-refractivity contribution >= 4 is 28.5 Å². The second kappa shape index (κ2) is 8.67. The summed E-state index contributed by atoms with van der Waals surface area (Å²) in [5, 5.41) is 3.13. The van der Waals surface area contributed by atoms with Crippen molar-refractivity contribution in [3.05, 3.63) is 63.2 Å². The third-order valence-electron chi connectivity index (χ3n) is 4.65. The van der Waals surface area contributed by atoms with Crippen molar-refractivity contribution in [3.63, 3.8) is 0 Å². The first-order valence-corrected chi connectivity index (χ1v) is 9.68. The van der Waals surface area contributed by atoms with Crippen molar-refractivity contribution in [2.24, 2.45) is 0 Å². The zero-order valence-corrected chi connectivity index (χ0v) is 16.5. The zero-order chi connectivity index (χ0) is 17.6. The molecular weight excluding hydrogens is 427 g/mol. The van der Waals surface area contributed by atoms with E-state index in [-0.39, 0.29) is 11.9 Å². The van der Waals surface area contributed by atoms with Gasteiger partial charge in [-0.2, -0.15) is 0 Å². The van der Waals surface area contributed by atoms with Crippen LogP contribution in [0.2, 0.25) is 0 Å². The van der Waals surface area contributed by atoms with Gasteiger partial charge in [0.25, 0.3) is 5.91 Å². The lowest BCUT2D eigenvalue weighted by Gasteiger charge is -2.29. The molecule has 0 radical (unpaired) electrons. The number of rotatable bonds is 6. The minimum Gasteiger partial charge on any atom is -0.496 e. The number of para-hydroxylation sites is 1. The van der Waals surface area contributed by atoms with E-state index in [4.69, 9.17) is 4.74 Å². The molecule has 1 atom stereocenters. The highest BCUT2D eigenvalue weighted by atomic mass is 127. The molecule has 3 rings (SSSR count). The number of nitrogens with one attached hydrogen (secondary N) is 1. The van der Waals surface area contributed by atoms with Crippen molar-refractivity contribution in [2.45, 2.75) is 18.9 Å². The maximum atomic E-state index is 12.6. The van der Waals surface area contributed by atoms with Crippen molar-refractivity contribution in [1.82, 2.24) is 10.2 Å². The first-order valence-electron chi connectivity index (χ1n) is 8.60. The van der Waals surface area contributed by atoms with Crippen LogP contribution in [0.1, 0.15) is 34.8 Å². The monoisotopic (exact) mass is 450 g/mol. The largest absolute Gasteiger partial charge is 0.496 e. The topological polar surface area (TPSA) is 41.6 Å². The van der Waals surface area contributed by atoms with E-state index in [1.54, 1.807) is 7.11 Å². The summed E-state index contributed by atoms with van der Waals surface area (Å²) in [6.45, 7) is 2.69. The first-order chi connectivity index (χ1) is 12.2. The van der Waals surface area contributed by atoms with Crippen LogP contribution >= 0.6 is 22.6 Å². The number of ether oxygens (including phenoxy) is 1. The summed E-state index contributed by atoms with van der Waals surface area (Å²) < 4.78 is 6.52. The van der Waals surface area contributed by atoms with Crippen LogP contribution in [0.25, 0.3) is 0 Å². The summed E-state index contributed by atoms with van der Waals surface area (Å²) in [5.41, 5.74) is 1.86. The summed E-state index contributed by atoms with van der Waals surface area (Å²) in [6.07, 6.45) is 2.41. The fourth-order valence-corrected chi connectivity index (χ4v) is 3.99. The molecular formula is C20H23IN2O2. The predicted octanol–water partition coefficient (Wildman–Crippen LogP) is 3.87. The van der Waals surface area contributed by atoms with Crippen molar-refractivity contribution in [1.29, 1.82) is 0 Å². The van der Waals surface area contributed by atoms with Gasteiger partial charge in [-0.1, -0.05) is 30.3 Å². The predicted molar refractivity (Wildman–Crippen MR) is 108 cm³/mol. The van der Waals surface area contributed by atoms with Gasteiger partial charge in [0.1, 0.15) is 5.75 Å². The van der Waals surface area contributed by atoms with Gasteiger partial charge in [-0.3, -0.25) is 9.69 Å². The van der Waals surface area contributed by atoms with Crippen LogP contribution in [0, 0.1) is 3.57 Å². The molecule has 2 aromatic rings. The lowest BCUT2D eigenvalue weighted by molar-refractivity contribution is 0.0936. The highest BCUT2D eigenvalue weighted by Gasteiger charge is 2.26. The number of amides is 1. The van der Waals surface area contributed by atoms with Crippen LogP contribution in [0.4, 0.5) is 0 Å². The van der Waals surface area contributed by atoms with Gasteiger partial charge < -0.3 is 10.1 Å². The van der Waals surface area contributed by atoms with Crippen LogP contribution in [0.3, 0.4) is 0 Å². The Kier molecular flexibility index (Phi) is 6.31. The summed E-state index contributed by atoms with van der Waals surface area (Å²) >= 11 is 2.20. The summed E-state index contributed by atoms with van der Waals surface area (Å²) in [6, 6.07) is 15.9. The number of likely N-dealkylation sites (tertiary alicyclic amines) is 1. The van der Waals surface area contributed by atoms with E-state index in [2.05, 4.69) is 38.9 Å². The van der Waals surface area contributed by atoms with Crippen molar-refractivity contribution in [2.75, 3.05) is 26.7 Å². The zero-order valence-electron chi connectivity index (χ0n) is 14.4. The van der Waals surface area contributed by atoms with E-state index in [1.807, 2.05) is 42.5 Å². The van der Waals surface area contributed by atoms with Crippen LogP contribution in [0.15, 0.2) is 48.5 Å². The molecule has 1 amide bonds. The number of carbonyl (C=O) groups is 1. The quantitative estimate of drug-likeness (QED) is 0.680. The minimum atomic E-state index is -0.0240. The first kappa shape index (κ1) is 18.2. The van der Waals surface area contributed by atoms with Gasteiger partial charge in [-0.05, 0) is 66.7 Å². The average molecular weight is 450 g/mol. The highest BCUT2D eigenvalue weighted by molar-refractivity contribution is 14.1. The molecule has 1 aliphatic heterocycles. The molecule has 132 valence electrons. The molecule has 1 N–H and O–H groups in total. The SMILES string of the molecule is COc1ccccc1C(CNC(=O)c1ccccc1I)N1CCCC1. The van der Waals surface area contributed by atoms with Gasteiger partial charge >= 0.3 is 0 Å². The van der Waals surface area contributed by atoms with Gasteiger partial charge in [0.15, 0.2) is 0 Å². The Morgan fingerprint density at radius 1 is 1.16 bits per heavy atom. The van der Waals surface area contributed by atoms with Crippen molar-refractivity contribution < 1.29 is 9.53 Å². The molecule has 1 heterocycles. The Morgan fingerprint density at radius 3 is 2.56 bits per heavy atom. The number of benzene rings is 2. The molecule has 0 aliphatic carbocycles. The maximum Gasteiger partial charge on any atom is 0.252 e. The molecule has 2 aromatic carbocycles. The van der Waals surface area contributed by atoms with Gasteiger partial charge in [-0.15, -0.1) is 0 Å². The molecule has 1 fully saturated rings. The molecule has 4 nitrogen and oxygen atoms in total. The van der Waals surface area contributed by atoms with Gasteiger partial charge in [0.05, 0.1) is 18.7 Å². The smallest absolute Gasteiger partial charge is 0.252 e. The molecule has 1 unspecified atom stereocenters. The Hall–Kier alpha value is -1.60. The molecule has 1 aliphatic rings. The molecule has 25 heavy (non-hydrogen) atoms. The van der Waals surface area contributed by atoms with Crippen LogP contribution in [-0.4, -0.2) is 37.6 Å². The van der Waals surface area contributed by atoms with E-state index < -0.39 is 0 Å². The number of halogens is 1. The molecule has 0 aromatic heterocycles. The Balaban J connectivity index is 1.79. The second-order valence-corrected chi connectivity index (χ2v) is 7.35. The number of hydrogen-bond acceptors (Lipinski definition) is 3. The van der Waals surface area contributed by atoms with Crippen molar-refractivity contribution in [3.8, 4) is 5.75 Å². The fraction of sp³-hybridized carbons (Fsp3) is 0.350. The number of carbonyl (C=O) groups excluding carboxylic acids is 1. The van der Waals surface area contributed by atoms with Gasteiger partial charge in [0.2, 0.25) is 0 Å². The highest BCUT2D eigenvalue weighted by Crippen LogP contribution is 2.31. The van der Waals surface area contributed by atoms with Gasteiger partial charge in [-0.25, -0.2) is 0 Å². The molecule has 1 saturated heterocycles. The van der Waals surface area contributed by atoms with Crippen LogP contribution in [-0.2, 0) is 0 Å². The third kappa shape index (κ3) is 4.33. The third-order valence-corrected chi connectivity index (χ3v) is 5.59. The number of nitrogens with zero attached hydrogens (tertiary/aromatic N) is 1. The second-order valence-electron chi connectivity index (χ2n) is 6.19. The van der Waals surface area contributed by atoms with E-state index in [0.29, 0.717) is 6.54 Å². The van der Waals surface area contributed by atoms with Crippen LogP contribution < -0.4 is 10.1 Å². The van der Waals surface area contributed by atoms with E-state index in [0.717, 1.165) is 33.5 Å². The number of methoxy groups -OCH3 is 1. The Bertz CT molecular complexity index is 729. The normalized spacial score (nSPS) is 15.8.